The van der Waals surface area contributed by atoms with Crippen molar-refractivity contribution in [3.05, 3.63) is 93.0 Å². The van der Waals surface area contributed by atoms with E-state index < -0.39 is 11.0 Å². The highest BCUT2D eigenvalue weighted by atomic mass is 16.6. The van der Waals surface area contributed by atoms with Crippen LogP contribution in [0.5, 0.6) is 0 Å². The first-order chi connectivity index (χ1) is 20.7. The lowest BCUT2D eigenvalue weighted by Gasteiger charge is -2.31. The van der Waals surface area contributed by atoms with Gasteiger partial charge in [0.1, 0.15) is 12.1 Å². The molecule has 0 saturated carbocycles. The van der Waals surface area contributed by atoms with Gasteiger partial charge in [-0.1, -0.05) is 13.8 Å². The van der Waals surface area contributed by atoms with Crippen LogP contribution in [0, 0.1) is 27.4 Å². The van der Waals surface area contributed by atoms with E-state index in [-0.39, 0.29) is 30.0 Å². The smallest absolute Gasteiger partial charge is 0.410 e. The highest BCUT2D eigenvalue weighted by Crippen LogP contribution is 2.31. The van der Waals surface area contributed by atoms with Crippen molar-refractivity contribution in [1.82, 2.24) is 15.2 Å². The zero-order valence-corrected chi connectivity index (χ0v) is 23.9. The number of fused-ring (bicyclic) bond motifs is 1. The van der Waals surface area contributed by atoms with Gasteiger partial charge in [0, 0.05) is 48.5 Å². The second-order valence-electron chi connectivity index (χ2n) is 10.9. The lowest BCUT2D eigenvalue weighted by Crippen LogP contribution is -2.41. The van der Waals surface area contributed by atoms with Crippen molar-refractivity contribution in [2.75, 3.05) is 19.6 Å². The number of hydrogen-bond acceptors (Lipinski definition) is 8. The number of carbonyl (C=O) groups is 2. The molecule has 11 heteroatoms. The summed E-state index contributed by atoms with van der Waals surface area (Å²) in [5.74, 6) is 0.639. The predicted octanol–water partition coefficient (Wildman–Crippen LogP) is 6.18. The minimum absolute atomic E-state index is 0.0157. The van der Waals surface area contributed by atoms with Crippen LogP contribution in [-0.2, 0) is 11.3 Å². The number of non-ortho nitro benzene ring substituents is 1. The number of hydrogen-bond donors (Lipinski definition) is 1. The first kappa shape index (κ1) is 29.3. The molecule has 0 unspecified atom stereocenters. The van der Waals surface area contributed by atoms with Crippen molar-refractivity contribution in [3.8, 4) is 17.5 Å². The number of piperidine rings is 1. The summed E-state index contributed by atoms with van der Waals surface area (Å²) in [5, 5.41) is 23.1. The van der Waals surface area contributed by atoms with Gasteiger partial charge in [0.2, 0.25) is 5.89 Å². The van der Waals surface area contributed by atoms with Gasteiger partial charge in [-0.3, -0.25) is 14.9 Å². The standard InChI is InChI=1S/C32H31N5O6/c1-20(2)27-15-23(17-33)16-28-29(27)43-31(35-28)25-7-5-24(6-8-25)30(38)34-18-21-11-13-36(14-12-21)32(39)42-19-22-3-9-26(10-4-22)37(40)41/h3-10,15-16,20-21H,11-14,18-19H2,1-2H3,(H,34,38). The third-order valence-corrected chi connectivity index (χ3v) is 7.60. The van der Waals surface area contributed by atoms with Gasteiger partial charge in [-0.05, 0) is 78.8 Å². The molecule has 11 nitrogen and oxygen atoms in total. The highest BCUT2D eigenvalue weighted by molar-refractivity contribution is 5.94. The predicted molar refractivity (Wildman–Crippen MR) is 158 cm³/mol. The second kappa shape index (κ2) is 12.7. The molecule has 0 spiro atoms. The van der Waals surface area contributed by atoms with Crippen LogP contribution < -0.4 is 5.32 Å². The topological polar surface area (TPSA) is 152 Å². The van der Waals surface area contributed by atoms with E-state index in [2.05, 4.69) is 16.4 Å². The van der Waals surface area contributed by atoms with E-state index in [9.17, 15) is 25.0 Å². The van der Waals surface area contributed by atoms with Crippen LogP contribution >= 0.6 is 0 Å². The maximum atomic E-state index is 12.8. The quantitative estimate of drug-likeness (QED) is 0.191. The number of nitrogens with zero attached hydrogens (tertiary/aromatic N) is 4. The molecular formula is C32H31N5O6. The van der Waals surface area contributed by atoms with E-state index >= 15 is 0 Å². The SMILES string of the molecule is CC(C)c1cc(C#N)cc2nc(-c3ccc(C(=O)NCC4CCN(C(=O)OCc5ccc([N+](=O)[O-])cc5)CC4)cc3)oc12. The van der Waals surface area contributed by atoms with Gasteiger partial charge >= 0.3 is 6.09 Å². The number of nitro groups is 1. The molecule has 1 aliphatic heterocycles. The highest BCUT2D eigenvalue weighted by Gasteiger charge is 2.24. The van der Waals surface area contributed by atoms with Crippen molar-refractivity contribution in [2.45, 2.75) is 39.2 Å². The number of nitro benzene ring substituents is 1. The third-order valence-electron chi connectivity index (χ3n) is 7.60. The number of carbonyl (C=O) groups excluding carboxylic acids is 2. The number of nitrogens with one attached hydrogen (secondary N) is 1. The Labute approximate surface area is 248 Å². The van der Waals surface area contributed by atoms with Crippen molar-refractivity contribution in [1.29, 1.82) is 5.26 Å². The van der Waals surface area contributed by atoms with Gasteiger partial charge in [0.05, 0.1) is 16.6 Å². The molecular weight excluding hydrogens is 550 g/mol. The van der Waals surface area contributed by atoms with Gasteiger partial charge < -0.3 is 19.4 Å². The van der Waals surface area contributed by atoms with Gasteiger partial charge in [0.25, 0.3) is 11.6 Å². The Hall–Kier alpha value is -5.24. The Morgan fingerprint density at radius 2 is 1.84 bits per heavy atom. The molecule has 1 aromatic heterocycles. The van der Waals surface area contributed by atoms with Gasteiger partial charge in [-0.2, -0.15) is 5.26 Å². The summed E-state index contributed by atoms with van der Waals surface area (Å²) < 4.78 is 11.4. The Balaban J connectivity index is 1.10. The number of likely N-dealkylation sites (tertiary alicyclic amines) is 1. The normalized spacial score (nSPS) is 13.6. The minimum Gasteiger partial charge on any atom is -0.445 e. The summed E-state index contributed by atoms with van der Waals surface area (Å²) in [7, 11) is 0. The largest absolute Gasteiger partial charge is 0.445 e. The number of nitriles is 1. The van der Waals surface area contributed by atoms with Crippen LogP contribution in [0.2, 0.25) is 0 Å². The Morgan fingerprint density at radius 3 is 2.47 bits per heavy atom. The number of rotatable bonds is 8. The lowest BCUT2D eigenvalue weighted by molar-refractivity contribution is -0.384. The molecule has 1 aliphatic rings. The fourth-order valence-corrected chi connectivity index (χ4v) is 5.05. The first-order valence-corrected chi connectivity index (χ1v) is 14.1. The molecule has 0 radical (unpaired) electrons. The molecule has 1 saturated heterocycles. The average Bonchev–Trinajstić information content (AvgIpc) is 3.46. The minimum atomic E-state index is -0.477. The molecule has 0 atom stereocenters. The van der Waals surface area contributed by atoms with E-state index in [4.69, 9.17) is 9.15 Å². The van der Waals surface area contributed by atoms with Crippen molar-refractivity contribution >= 4 is 28.8 Å². The van der Waals surface area contributed by atoms with E-state index in [1.807, 2.05) is 19.9 Å². The second-order valence-corrected chi connectivity index (χ2v) is 10.9. The molecule has 0 aliphatic carbocycles. The van der Waals surface area contributed by atoms with Crippen molar-refractivity contribution in [2.24, 2.45) is 5.92 Å². The molecule has 0 bridgehead atoms. The number of oxazole rings is 1. The molecule has 2 amide bonds. The van der Waals surface area contributed by atoms with Crippen LogP contribution in [0.3, 0.4) is 0 Å². The van der Waals surface area contributed by atoms with E-state index in [1.165, 1.54) is 12.1 Å². The molecule has 43 heavy (non-hydrogen) atoms. The van der Waals surface area contributed by atoms with E-state index in [1.54, 1.807) is 47.4 Å². The van der Waals surface area contributed by atoms with E-state index in [0.29, 0.717) is 53.3 Å². The zero-order chi connectivity index (χ0) is 30.5. The summed E-state index contributed by atoms with van der Waals surface area (Å²) in [6.45, 7) is 5.65. The number of benzene rings is 3. The van der Waals surface area contributed by atoms with Crippen molar-refractivity contribution < 1.29 is 23.7 Å². The van der Waals surface area contributed by atoms with E-state index in [0.717, 1.165) is 24.0 Å². The maximum absolute atomic E-state index is 12.8. The third kappa shape index (κ3) is 6.81. The Morgan fingerprint density at radius 1 is 1.14 bits per heavy atom. The first-order valence-electron chi connectivity index (χ1n) is 14.1. The number of aromatic nitrogens is 1. The summed E-state index contributed by atoms with van der Waals surface area (Å²) in [6.07, 6.45) is 1.04. The number of amides is 2. The zero-order valence-electron chi connectivity index (χ0n) is 23.9. The van der Waals surface area contributed by atoms with Crippen LogP contribution in [0.1, 0.15) is 59.7 Å². The molecule has 5 rings (SSSR count). The van der Waals surface area contributed by atoms with Crippen LogP contribution in [0.25, 0.3) is 22.6 Å². The molecule has 3 aromatic carbocycles. The fourth-order valence-electron chi connectivity index (χ4n) is 5.05. The van der Waals surface area contributed by atoms with Gasteiger partial charge in [0.15, 0.2) is 5.58 Å². The summed E-state index contributed by atoms with van der Waals surface area (Å²) in [6, 6.07) is 18.7. The average molecular weight is 582 g/mol. The van der Waals surface area contributed by atoms with Gasteiger partial charge in [-0.15, -0.1) is 0 Å². The Bertz CT molecular complexity index is 1680. The van der Waals surface area contributed by atoms with Crippen LogP contribution in [0.4, 0.5) is 10.5 Å². The summed E-state index contributed by atoms with van der Waals surface area (Å²) >= 11 is 0. The maximum Gasteiger partial charge on any atom is 0.410 e. The van der Waals surface area contributed by atoms with Crippen molar-refractivity contribution in [3.63, 3.8) is 0 Å². The molecule has 4 aromatic rings. The number of ether oxygens (including phenoxy) is 1. The summed E-state index contributed by atoms with van der Waals surface area (Å²) in [5.41, 5.74) is 4.65. The van der Waals surface area contributed by atoms with Crippen LogP contribution in [-0.4, -0.2) is 46.4 Å². The fraction of sp³-hybridized carbons (Fsp3) is 0.312. The lowest BCUT2D eigenvalue weighted by atomic mass is 9.97. The summed E-state index contributed by atoms with van der Waals surface area (Å²) in [4.78, 5) is 41.8. The molecule has 220 valence electrons. The molecule has 1 fully saturated rings. The molecule has 2 heterocycles. The van der Waals surface area contributed by atoms with Gasteiger partial charge in [-0.25, -0.2) is 9.78 Å². The van der Waals surface area contributed by atoms with Crippen LogP contribution in [0.15, 0.2) is 65.1 Å². The molecule has 1 N–H and O–H groups in total. The Kier molecular flexibility index (Phi) is 8.66. The monoisotopic (exact) mass is 581 g/mol.